The summed E-state index contributed by atoms with van der Waals surface area (Å²) >= 11 is 1.22. The average Bonchev–Trinajstić information content (AvgIpc) is 2.69. The number of nitrogens with zero attached hydrogens (tertiary/aromatic N) is 1. The van der Waals surface area contributed by atoms with Crippen LogP contribution in [-0.2, 0) is 24.3 Å². The summed E-state index contributed by atoms with van der Waals surface area (Å²) in [5.41, 5.74) is 0. The van der Waals surface area contributed by atoms with E-state index in [0.717, 1.165) is 11.4 Å². The molecule has 1 saturated heterocycles. The van der Waals surface area contributed by atoms with E-state index in [9.17, 15) is 18.0 Å². The Balaban J connectivity index is 3.09. The zero-order valence-electron chi connectivity index (χ0n) is 10.2. The smallest absolute Gasteiger partial charge is 0.325 e. The first-order valence-electron chi connectivity index (χ1n) is 5.18. The van der Waals surface area contributed by atoms with Gasteiger partial charge < -0.3 is 9.84 Å². The lowest BCUT2D eigenvalue weighted by Gasteiger charge is -2.26. The molecule has 0 aromatic rings. The maximum absolute atomic E-state index is 12.2. The average molecular weight is 297 g/mol. The highest BCUT2D eigenvalue weighted by atomic mass is 32.2. The minimum Gasteiger partial charge on any atom is -0.480 e. The van der Waals surface area contributed by atoms with Crippen molar-refractivity contribution in [1.29, 1.82) is 0 Å². The molecule has 0 aromatic heterocycles. The minimum atomic E-state index is -4.04. The fourth-order valence-electron chi connectivity index (χ4n) is 1.67. The molecule has 1 rings (SSSR count). The standard InChI is InChI=1S/C9H15NO6S2/c1-5(9(13)16-3)18(14,15)10-6(2)17-4-7(10)8(11)12/h5-7H,4H2,1-3H3,(H,11,12). The summed E-state index contributed by atoms with van der Waals surface area (Å²) in [5.74, 6) is -1.94. The maximum Gasteiger partial charge on any atom is 0.325 e. The summed E-state index contributed by atoms with van der Waals surface area (Å²) in [6, 6.07) is -1.14. The molecule has 0 saturated carbocycles. The molecule has 7 nitrogen and oxygen atoms in total. The molecule has 1 aliphatic heterocycles. The molecule has 104 valence electrons. The molecule has 0 radical (unpaired) electrons. The summed E-state index contributed by atoms with van der Waals surface area (Å²) in [6.07, 6.45) is 0. The molecule has 3 unspecified atom stereocenters. The third kappa shape index (κ3) is 2.62. The van der Waals surface area contributed by atoms with Crippen molar-refractivity contribution in [1.82, 2.24) is 4.31 Å². The third-order valence-electron chi connectivity index (χ3n) is 2.72. The molecular formula is C9H15NO6S2. The number of rotatable bonds is 4. The van der Waals surface area contributed by atoms with Crippen molar-refractivity contribution in [2.75, 3.05) is 12.9 Å². The van der Waals surface area contributed by atoms with Crippen LogP contribution in [0.4, 0.5) is 0 Å². The van der Waals surface area contributed by atoms with Gasteiger partial charge in [0.25, 0.3) is 0 Å². The fourth-order valence-corrected chi connectivity index (χ4v) is 5.00. The van der Waals surface area contributed by atoms with Gasteiger partial charge in [-0.3, -0.25) is 9.59 Å². The number of carbonyl (C=O) groups is 2. The Morgan fingerprint density at radius 1 is 1.50 bits per heavy atom. The van der Waals surface area contributed by atoms with Gasteiger partial charge in [-0.25, -0.2) is 8.42 Å². The van der Waals surface area contributed by atoms with E-state index in [2.05, 4.69) is 4.74 Å². The van der Waals surface area contributed by atoms with Crippen LogP contribution in [0.2, 0.25) is 0 Å². The number of carboxylic acids is 1. The van der Waals surface area contributed by atoms with Crippen LogP contribution in [0, 0.1) is 0 Å². The number of hydrogen-bond acceptors (Lipinski definition) is 6. The predicted octanol–water partition coefficient (Wildman–Crippen LogP) is -0.274. The lowest BCUT2D eigenvalue weighted by Crippen LogP contribution is -2.49. The second-order valence-electron chi connectivity index (χ2n) is 3.83. The van der Waals surface area contributed by atoms with Gasteiger partial charge in [-0.1, -0.05) is 0 Å². The van der Waals surface area contributed by atoms with E-state index in [1.165, 1.54) is 18.7 Å². The Hall–Kier alpha value is -0.800. The topological polar surface area (TPSA) is 101 Å². The number of carboxylic acid groups (broad SMARTS) is 1. The molecule has 9 heteroatoms. The Morgan fingerprint density at radius 2 is 2.06 bits per heavy atom. The largest absolute Gasteiger partial charge is 0.480 e. The first-order valence-corrected chi connectivity index (χ1v) is 7.73. The molecule has 18 heavy (non-hydrogen) atoms. The Labute approximate surface area is 110 Å². The van der Waals surface area contributed by atoms with Crippen LogP contribution in [0.25, 0.3) is 0 Å². The quantitative estimate of drug-likeness (QED) is 0.712. The number of carbonyl (C=O) groups excluding carboxylic acids is 1. The Kier molecular flexibility index (Phi) is 4.62. The van der Waals surface area contributed by atoms with E-state index in [4.69, 9.17) is 5.11 Å². The Bertz CT molecular complexity index is 448. The van der Waals surface area contributed by atoms with Crippen LogP contribution in [0.5, 0.6) is 0 Å². The lowest BCUT2D eigenvalue weighted by atomic mass is 10.3. The number of ether oxygens (including phenoxy) is 1. The van der Waals surface area contributed by atoms with Gasteiger partial charge in [0.1, 0.15) is 6.04 Å². The van der Waals surface area contributed by atoms with Gasteiger partial charge in [-0.05, 0) is 13.8 Å². The van der Waals surface area contributed by atoms with Gasteiger partial charge >= 0.3 is 11.9 Å². The van der Waals surface area contributed by atoms with Crippen molar-refractivity contribution < 1.29 is 27.9 Å². The Morgan fingerprint density at radius 3 is 2.50 bits per heavy atom. The van der Waals surface area contributed by atoms with Gasteiger partial charge in [0, 0.05) is 5.75 Å². The van der Waals surface area contributed by atoms with Crippen molar-refractivity contribution in [3.63, 3.8) is 0 Å². The normalized spacial score (nSPS) is 26.8. The minimum absolute atomic E-state index is 0.170. The summed E-state index contributed by atoms with van der Waals surface area (Å²) in [4.78, 5) is 22.3. The summed E-state index contributed by atoms with van der Waals surface area (Å²) < 4.78 is 29.7. The van der Waals surface area contributed by atoms with E-state index in [0.29, 0.717) is 0 Å². The van der Waals surface area contributed by atoms with Gasteiger partial charge in [0.05, 0.1) is 12.5 Å². The number of sulfonamides is 1. The lowest BCUT2D eigenvalue weighted by molar-refractivity contribution is -0.142. The number of methoxy groups -OCH3 is 1. The molecule has 1 heterocycles. The van der Waals surface area contributed by atoms with E-state index in [1.54, 1.807) is 6.92 Å². The molecule has 3 atom stereocenters. The highest BCUT2D eigenvalue weighted by Gasteiger charge is 2.47. The van der Waals surface area contributed by atoms with Crippen LogP contribution < -0.4 is 0 Å². The summed E-state index contributed by atoms with van der Waals surface area (Å²) in [7, 11) is -2.95. The van der Waals surface area contributed by atoms with Crippen LogP contribution in [0.15, 0.2) is 0 Å². The molecule has 0 aromatic carbocycles. The van der Waals surface area contributed by atoms with E-state index in [-0.39, 0.29) is 5.75 Å². The van der Waals surface area contributed by atoms with Crippen LogP contribution in [-0.4, -0.2) is 59.3 Å². The second kappa shape index (κ2) is 5.45. The fraction of sp³-hybridized carbons (Fsp3) is 0.778. The zero-order valence-corrected chi connectivity index (χ0v) is 11.8. The number of hydrogen-bond donors (Lipinski definition) is 1. The van der Waals surface area contributed by atoms with E-state index >= 15 is 0 Å². The van der Waals surface area contributed by atoms with Gasteiger partial charge in [-0.15, -0.1) is 11.8 Å². The highest BCUT2D eigenvalue weighted by Crippen LogP contribution is 2.33. The van der Waals surface area contributed by atoms with Crippen molar-refractivity contribution in [2.45, 2.75) is 30.5 Å². The van der Waals surface area contributed by atoms with Gasteiger partial charge in [0.15, 0.2) is 5.25 Å². The summed E-state index contributed by atoms with van der Waals surface area (Å²) in [6.45, 7) is 2.78. The van der Waals surface area contributed by atoms with Crippen LogP contribution in [0.1, 0.15) is 13.8 Å². The number of thioether (sulfide) groups is 1. The molecule has 1 fully saturated rings. The first-order chi connectivity index (χ1) is 8.23. The number of aliphatic carboxylic acids is 1. The molecule has 0 spiro atoms. The molecular weight excluding hydrogens is 282 g/mol. The molecule has 0 bridgehead atoms. The summed E-state index contributed by atoms with van der Waals surface area (Å²) in [5, 5.41) is 7.08. The number of esters is 1. The second-order valence-corrected chi connectivity index (χ2v) is 7.33. The van der Waals surface area contributed by atoms with E-state index in [1.807, 2.05) is 0 Å². The molecule has 1 aliphatic rings. The van der Waals surface area contributed by atoms with Crippen molar-refractivity contribution in [3.05, 3.63) is 0 Å². The third-order valence-corrected chi connectivity index (χ3v) is 6.32. The van der Waals surface area contributed by atoms with Gasteiger partial charge in [-0.2, -0.15) is 4.31 Å². The van der Waals surface area contributed by atoms with Crippen molar-refractivity contribution >= 4 is 33.7 Å². The van der Waals surface area contributed by atoms with Crippen LogP contribution in [0.3, 0.4) is 0 Å². The first kappa shape index (κ1) is 15.3. The van der Waals surface area contributed by atoms with E-state index < -0.39 is 38.6 Å². The molecule has 0 amide bonds. The zero-order chi connectivity index (χ0) is 14.1. The van der Waals surface area contributed by atoms with Crippen molar-refractivity contribution in [2.24, 2.45) is 0 Å². The monoisotopic (exact) mass is 297 g/mol. The predicted molar refractivity (Wildman–Crippen MR) is 65.6 cm³/mol. The highest BCUT2D eigenvalue weighted by molar-refractivity contribution is 8.01. The van der Waals surface area contributed by atoms with Crippen molar-refractivity contribution in [3.8, 4) is 0 Å². The molecule has 0 aliphatic carbocycles. The molecule has 1 N–H and O–H groups in total. The maximum atomic E-state index is 12.2. The van der Waals surface area contributed by atoms with Gasteiger partial charge in [0.2, 0.25) is 10.0 Å². The SMILES string of the molecule is COC(=O)C(C)S(=O)(=O)N1C(C)SCC1C(=O)O. The van der Waals surface area contributed by atoms with Crippen LogP contribution >= 0.6 is 11.8 Å².